The van der Waals surface area contributed by atoms with Crippen molar-refractivity contribution in [3.8, 4) is 11.5 Å². The predicted octanol–water partition coefficient (Wildman–Crippen LogP) is 7.65. The number of carbonyl (C=O) groups excluding carboxylic acids is 3. The van der Waals surface area contributed by atoms with E-state index in [2.05, 4.69) is 26.6 Å². The first-order valence-electron chi connectivity index (χ1n) is 12.2. The molecular formula is C30H26BrClN2O5. The molecule has 0 bridgehead atoms. The van der Waals surface area contributed by atoms with Gasteiger partial charge in [-0.25, -0.2) is 0 Å². The van der Waals surface area contributed by atoms with Gasteiger partial charge in [-0.05, 0) is 94.1 Å². The lowest BCUT2D eigenvalue weighted by Gasteiger charge is -2.11. The molecule has 0 fully saturated rings. The number of ether oxygens (including phenoxy) is 2. The summed E-state index contributed by atoms with van der Waals surface area (Å²) in [5.41, 5.74) is 1.85. The van der Waals surface area contributed by atoms with Crippen LogP contribution in [-0.4, -0.2) is 24.4 Å². The molecule has 4 rings (SSSR count). The smallest absolute Gasteiger partial charge is 0.306 e. The first-order valence-corrected chi connectivity index (χ1v) is 13.4. The maximum Gasteiger partial charge on any atom is 0.306 e. The third kappa shape index (κ3) is 8.05. The molecule has 0 unspecified atom stereocenters. The molecule has 0 saturated heterocycles. The van der Waals surface area contributed by atoms with Crippen LogP contribution in [0.1, 0.15) is 24.8 Å². The summed E-state index contributed by atoms with van der Waals surface area (Å²) >= 11 is 9.48. The van der Waals surface area contributed by atoms with Crippen molar-refractivity contribution in [3.05, 3.63) is 93.9 Å². The number of anilines is 2. The van der Waals surface area contributed by atoms with Crippen LogP contribution in [0.25, 0.3) is 10.8 Å². The average Bonchev–Trinajstić information content (AvgIpc) is 2.93. The fourth-order valence-corrected chi connectivity index (χ4v) is 4.38. The molecule has 0 aliphatic heterocycles. The van der Waals surface area contributed by atoms with Crippen molar-refractivity contribution in [3.63, 3.8) is 0 Å². The van der Waals surface area contributed by atoms with Gasteiger partial charge >= 0.3 is 5.97 Å². The third-order valence-corrected chi connectivity index (χ3v) is 7.23. The van der Waals surface area contributed by atoms with Gasteiger partial charge in [-0.15, -0.1) is 0 Å². The van der Waals surface area contributed by atoms with Gasteiger partial charge in [0.2, 0.25) is 5.91 Å². The lowest BCUT2D eigenvalue weighted by atomic mass is 10.1. The molecule has 0 heterocycles. The normalized spacial score (nSPS) is 10.6. The van der Waals surface area contributed by atoms with Crippen LogP contribution in [0.3, 0.4) is 0 Å². The number of esters is 1. The van der Waals surface area contributed by atoms with Crippen LogP contribution in [-0.2, 0) is 19.1 Å². The van der Waals surface area contributed by atoms with E-state index in [-0.39, 0.29) is 25.2 Å². The van der Waals surface area contributed by atoms with Gasteiger partial charge in [-0.2, -0.15) is 0 Å². The van der Waals surface area contributed by atoms with Gasteiger partial charge in [0.15, 0.2) is 6.61 Å². The van der Waals surface area contributed by atoms with Gasteiger partial charge in [-0.3, -0.25) is 14.4 Å². The molecule has 0 saturated carbocycles. The van der Waals surface area contributed by atoms with Crippen LogP contribution < -0.4 is 15.4 Å². The number of carbonyl (C=O) groups is 3. The molecule has 0 aliphatic carbocycles. The standard InChI is InChI=1S/C30H26BrClN2O5/c1-19-26(16-15-25(31)30(19)32)34-28(36)18-38-29(37)8-4-7-27(35)33-22-10-13-23(14-11-22)39-24-12-9-20-5-2-3-6-21(20)17-24/h2-3,5-6,9-17H,4,7-8,18H2,1H3,(H,33,35)(H,34,36). The number of halogens is 2. The molecule has 7 nitrogen and oxygen atoms in total. The van der Waals surface area contributed by atoms with E-state index in [1.807, 2.05) is 42.5 Å². The fraction of sp³-hybridized carbons (Fsp3) is 0.167. The Kier molecular flexibility index (Phi) is 9.57. The van der Waals surface area contributed by atoms with E-state index < -0.39 is 18.5 Å². The SMILES string of the molecule is Cc1c(NC(=O)COC(=O)CCCC(=O)Nc2ccc(Oc3ccc4ccccc4c3)cc2)ccc(Br)c1Cl. The second-order valence-electron chi connectivity index (χ2n) is 8.78. The second kappa shape index (κ2) is 13.3. The van der Waals surface area contributed by atoms with E-state index in [1.54, 1.807) is 43.3 Å². The van der Waals surface area contributed by atoms with Crippen molar-refractivity contribution in [1.82, 2.24) is 0 Å². The monoisotopic (exact) mass is 608 g/mol. The minimum Gasteiger partial charge on any atom is -0.457 e. The summed E-state index contributed by atoms with van der Waals surface area (Å²) in [7, 11) is 0. The van der Waals surface area contributed by atoms with Crippen molar-refractivity contribution < 1.29 is 23.9 Å². The summed E-state index contributed by atoms with van der Waals surface area (Å²) in [6.45, 7) is 1.35. The first kappa shape index (κ1) is 28.1. The van der Waals surface area contributed by atoms with Crippen LogP contribution in [0.2, 0.25) is 5.02 Å². The van der Waals surface area contributed by atoms with Crippen LogP contribution in [0.4, 0.5) is 11.4 Å². The maximum absolute atomic E-state index is 12.3. The lowest BCUT2D eigenvalue weighted by Crippen LogP contribution is -2.21. The highest BCUT2D eigenvalue weighted by Gasteiger charge is 2.12. The van der Waals surface area contributed by atoms with Crippen molar-refractivity contribution in [1.29, 1.82) is 0 Å². The molecule has 9 heteroatoms. The molecule has 2 N–H and O–H groups in total. The summed E-state index contributed by atoms with van der Waals surface area (Å²) in [4.78, 5) is 36.4. The van der Waals surface area contributed by atoms with Crippen LogP contribution in [0.5, 0.6) is 11.5 Å². The van der Waals surface area contributed by atoms with Crippen LogP contribution >= 0.6 is 27.5 Å². The number of amides is 2. The molecule has 0 radical (unpaired) electrons. The van der Waals surface area contributed by atoms with Crippen molar-refractivity contribution in [2.45, 2.75) is 26.2 Å². The lowest BCUT2D eigenvalue weighted by molar-refractivity contribution is -0.147. The highest BCUT2D eigenvalue weighted by atomic mass is 79.9. The Labute approximate surface area is 239 Å². The summed E-state index contributed by atoms with van der Waals surface area (Å²) in [5, 5.41) is 8.18. The van der Waals surface area contributed by atoms with Gasteiger partial charge in [0.05, 0.1) is 5.02 Å². The zero-order valence-corrected chi connectivity index (χ0v) is 23.5. The Balaban J connectivity index is 1.15. The highest BCUT2D eigenvalue weighted by molar-refractivity contribution is 9.10. The minimum atomic E-state index is -0.557. The molecule has 200 valence electrons. The molecule has 0 spiro atoms. The summed E-state index contributed by atoms with van der Waals surface area (Å²) in [6.07, 6.45) is 0.437. The first-order chi connectivity index (χ1) is 18.8. The topological polar surface area (TPSA) is 93.7 Å². The molecule has 4 aromatic rings. The van der Waals surface area contributed by atoms with Gasteiger partial charge < -0.3 is 20.1 Å². The van der Waals surface area contributed by atoms with E-state index in [1.165, 1.54) is 0 Å². The van der Waals surface area contributed by atoms with E-state index in [4.69, 9.17) is 21.1 Å². The van der Waals surface area contributed by atoms with E-state index >= 15 is 0 Å². The average molecular weight is 610 g/mol. The van der Waals surface area contributed by atoms with Crippen LogP contribution in [0, 0.1) is 6.92 Å². The number of benzene rings is 4. The van der Waals surface area contributed by atoms with E-state index in [9.17, 15) is 14.4 Å². The second-order valence-corrected chi connectivity index (χ2v) is 10.0. The van der Waals surface area contributed by atoms with E-state index in [0.29, 0.717) is 27.7 Å². The molecule has 39 heavy (non-hydrogen) atoms. The molecular weight excluding hydrogens is 584 g/mol. The van der Waals surface area contributed by atoms with Gasteiger partial charge in [0.1, 0.15) is 11.5 Å². The Hall–Kier alpha value is -3.88. The molecule has 0 aromatic heterocycles. The largest absolute Gasteiger partial charge is 0.457 e. The Morgan fingerprint density at radius 3 is 2.31 bits per heavy atom. The van der Waals surface area contributed by atoms with Crippen LogP contribution in [0.15, 0.2) is 83.3 Å². The highest BCUT2D eigenvalue weighted by Crippen LogP contribution is 2.31. The Morgan fingerprint density at radius 2 is 1.54 bits per heavy atom. The van der Waals surface area contributed by atoms with Crippen molar-refractivity contribution >= 4 is 67.5 Å². The summed E-state index contributed by atoms with van der Waals surface area (Å²) in [5.74, 6) is 0.108. The minimum absolute atomic E-state index is 0.0162. The predicted molar refractivity (Wildman–Crippen MR) is 156 cm³/mol. The summed E-state index contributed by atoms with van der Waals surface area (Å²) in [6, 6.07) is 24.4. The van der Waals surface area contributed by atoms with Crippen molar-refractivity contribution in [2.75, 3.05) is 17.2 Å². The Morgan fingerprint density at radius 1 is 0.821 bits per heavy atom. The zero-order chi connectivity index (χ0) is 27.8. The number of hydrogen-bond donors (Lipinski definition) is 2. The number of nitrogens with one attached hydrogen (secondary N) is 2. The molecule has 2 amide bonds. The number of hydrogen-bond acceptors (Lipinski definition) is 5. The molecule has 4 aromatic carbocycles. The number of fused-ring (bicyclic) bond motifs is 1. The van der Waals surface area contributed by atoms with Gasteiger partial charge in [0, 0.05) is 28.7 Å². The number of rotatable bonds is 10. The molecule has 0 atom stereocenters. The van der Waals surface area contributed by atoms with E-state index in [0.717, 1.165) is 21.0 Å². The molecule has 0 aliphatic rings. The quantitative estimate of drug-likeness (QED) is 0.180. The zero-order valence-electron chi connectivity index (χ0n) is 21.1. The van der Waals surface area contributed by atoms with Gasteiger partial charge in [-0.1, -0.05) is 41.9 Å². The Bertz CT molecular complexity index is 1510. The third-order valence-electron chi connectivity index (χ3n) is 5.86. The van der Waals surface area contributed by atoms with Crippen molar-refractivity contribution in [2.24, 2.45) is 0 Å². The maximum atomic E-state index is 12.3. The summed E-state index contributed by atoms with van der Waals surface area (Å²) < 4.78 is 11.7. The fourth-order valence-electron chi connectivity index (χ4n) is 3.78. The van der Waals surface area contributed by atoms with Gasteiger partial charge in [0.25, 0.3) is 5.91 Å².